The van der Waals surface area contributed by atoms with Crippen LogP contribution in [0.5, 0.6) is 0 Å². The summed E-state index contributed by atoms with van der Waals surface area (Å²) in [5, 5.41) is 4.17. The summed E-state index contributed by atoms with van der Waals surface area (Å²) in [6.45, 7) is 0. The summed E-state index contributed by atoms with van der Waals surface area (Å²) < 4.78 is 4.72. The molecule has 0 radical (unpaired) electrons. The fraction of sp³-hybridized carbons (Fsp3) is 0.154. The van der Waals surface area contributed by atoms with E-state index in [1.165, 1.54) is 14.3 Å². The van der Waals surface area contributed by atoms with Gasteiger partial charge in [0.15, 0.2) is 4.96 Å². The number of nitrogens with zero attached hydrogens (tertiary/aromatic N) is 2. The lowest BCUT2D eigenvalue weighted by molar-refractivity contribution is 0.724. The molecule has 6 heteroatoms. The summed E-state index contributed by atoms with van der Waals surface area (Å²) in [6.07, 6.45) is 4.90. The van der Waals surface area contributed by atoms with Gasteiger partial charge in [0.1, 0.15) is 0 Å². The second kappa shape index (κ2) is 4.42. The van der Waals surface area contributed by atoms with Crippen molar-refractivity contribution in [3.8, 4) is 0 Å². The Labute approximate surface area is 121 Å². The van der Waals surface area contributed by atoms with Crippen LogP contribution in [0.15, 0.2) is 35.3 Å². The summed E-state index contributed by atoms with van der Waals surface area (Å²) in [5.74, 6) is 0. The lowest BCUT2D eigenvalue weighted by Crippen LogP contribution is -2.11. The lowest BCUT2D eigenvalue weighted by Gasteiger charge is -2.06. The second-order valence-corrected chi connectivity index (χ2v) is 7.37. The Kier molecular flexibility index (Phi) is 2.70. The first-order valence-electron chi connectivity index (χ1n) is 5.93. The first-order valence-corrected chi connectivity index (χ1v) is 8.51. The van der Waals surface area contributed by atoms with Crippen molar-refractivity contribution in [3.05, 3.63) is 45.9 Å². The number of hydrogen-bond donors (Lipinski definition) is 1. The van der Waals surface area contributed by atoms with Crippen molar-refractivity contribution < 1.29 is 0 Å². The van der Waals surface area contributed by atoms with Gasteiger partial charge in [-0.2, -0.15) is 0 Å². The van der Waals surface area contributed by atoms with E-state index in [-0.39, 0.29) is 6.04 Å². The molecule has 0 fully saturated rings. The molecule has 1 atom stereocenters. The van der Waals surface area contributed by atoms with Crippen LogP contribution in [0.3, 0.4) is 0 Å². The molecule has 0 saturated heterocycles. The zero-order chi connectivity index (χ0) is 12.8. The number of hydrogen-bond acceptors (Lipinski definition) is 5. The fourth-order valence-electron chi connectivity index (χ4n) is 2.17. The maximum absolute atomic E-state index is 6.31. The molecule has 2 N–H and O–H groups in total. The first-order chi connectivity index (χ1) is 9.29. The molecule has 0 aliphatic heterocycles. The monoisotopic (exact) mass is 305 g/mol. The Morgan fingerprint density at radius 3 is 3.05 bits per heavy atom. The molecule has 4 aromatic rings. The maximum Gasteiger partial charge on any atom is 0.193 e. The number of imidazole rings is 1. The van der Waals surface area contributed by atoms with Crippen molar-refractivity contribution in [1.29, 1.82) is 0 Å². The van der Waals surface area contributed by atoms with Crippen molar-refractivity contribution in [2.24, 2.45) is 5.73 Å². The molecule has 0 aliphatic rings. The standard InChI is InChI=1S/C13H11N3S3/c14-9(11-6-12-10(19-11)1-3-17-12)5-8-7-16-2-4-18-13(16)15-8/h1-4,6-7,9H,5,14H2. The Hall–Kier alpha value is -1.21. The molecule has 0 saturated carbocycles. The molecular formula is C13H11N3S3. The SMILES string of the molecule is NC(Cc1cn2ccsc2n1)c1cc2sccc2s1. The summed E-state index contributed by atoms with van der Waals surface area (Å²) >= 11 is 5.22. The maximum atomic E-state index is 6.31. The van der Waals surface area contributed by atoms with Gasteiger partial charge in [0.05, 0.1) is 5.69 Å². The number of rotatable bonds is 3. The van der Waals surface area contributed by atoms with Gasteiger partial charge in [0.2, 0.25) is 0 Å². The molecule has 4 rings (SSSR count). The van der Waals surface area contributed by atoms with Crippen molar-refractivity contribution >= 4 is 48.4 Å². The molecule has 1 unspecified atom stereocenters. The third kappa shape index (κ3) is 2.01. The minimum absolute atomic E-state index is 0.0363. The van der Waals surface area contributed by atoms with E-state index < -0.39 is 0 Å². The predicted molar refractivity (Wildman–Crippen MR) is 83.4 cm³/mol. The van der Waals surface area contributed by atoms with Crippen LogP contribution in [0.1, 0.15) is 16.6 Å². The minimum Gasteiger partial charge on any atom is -0.323 e. The number of thiophene rings is 2. The van der Waals surface area contributed by atoms with Gasteiger partial charge in [0.25, 0.3) is 0 Å². The zero-order valence-electron chi connectivity index (χ0n) is 9.95. The average molecular weight is 305 g/mol. The topological polar surface area (TPSA) is 43.3 Å². The molecule has 3 nitrogen and oxygen atoms in total. The van der Waals surface area contributed by atoms with Crippen LogP contribution in [0.2, 0.25) is 0 Å². The average Bonchev–Trinajstić information content (AvgIpc) is 3.05. The van der Waals surface area contributed by atoms with Crippen LogP contribution in [0.25, 0.3) is 14.4 Å². The van der Waals surface area contributed by atoms with E-state index >= 15 is 0 Å². The molecule has 0 aromatic carbocycles. The molecule has 0 aliphatic carbocycles. The number of fused-ring (bicyclic) bond motifs is 2. The molecule has 4 heterocycles. The van der Waals surface area contributed by atoms with Crippen molar-refractivity contribution in [1.82, 2.24) is 9.38 Å². The molecule has 0 bridgehead atoms. The normalized spacial score (nSPS) is 13.5. The highest BCUT2D eigenvalue weighted by Crippen LogP contribution is 2.33. The highest BCUT2D eigenvalue weighted by atomic mass is 32.1. The van der Waals surface area contributed by atoms with E-state index in [9.17, 15) is 0 Å². The molecule has 19 heavy (non-hydrogen) atoms. The van der Waals surface area contributed by atoms with Gasteiger partial charge in [-0.25, -0.2) is 4.98 Å². The van der Waals surface area contributed by atoms with Gasteiger partial charge >= 0.3 is 0 Å². The summed E-state index contributed by atoms with van der Waals surface area (Å²) in [6, 6.07) is 4.41. The summed E-state index contributed by atoms with van der Waals surface area (Å²) in [5.41, 5.74) is 7.38. The van der Waals surface area contributed by atoms with Crippen LogP contribution in [0, 0.1) is 0 Å². The molecule has 0 amide bonds. The van der Waals surface area contributed by atoms with E-state index in [1.807, 2.05) is 11.6 Å². The highest BCUT2D eigenvalue weighted by Gasteiger charge is 2.13. The third-order valence-electron chi connectivity index (χ3n) is 3.10. The van der Waals surface area contributed by atoms with E-state index in [0.717, 1.165) is 17.1 Å². The van der Waals surface area contributed by atoms with Crippen LogP contribution in [-0.2, 0) is 6.42 Å². The van der Waals surface area contributed by atoms with Crippen molar-refractivity contribution in [2.75, 3.05) is 0 Å². The predicted octanol–water partition coefficient (Wildman–Crippen LogP) is 3.91. The summed E-state index contributed by atoms with van der Waals surface area (Å²) in [4.78, 5) is 6.87. The van der Waals surface area contributed by atoms with Crippen LogP contribution >= 0.6 is 34.0 Å². The molecule has 0 spiro atoms. The number of aromatic nitrogens is 2. The van der Waals surface area contributed by atoms with Gasteiger partial charge in [-0.05, 0) is 17.5 Å². The zero-order valence-corrected chi connectivity index (χ0v) is 12.4. The van der Waals surface area contributed by atoms with Crippen LogP contribution in [0.4, 0.5) is 0 Å². The van der Waals surface area contributed by atoms with E-state index in [1.54, 1.807) is 34.0 Å². The van der Waals surface area contributed by atoms with Crippen LogP contribution in [-0.4, -0.2) is 9.38 Å². The highest BCUT2D eigenvalue weighted by molar-refractivity contribution is 7.26. The second-order valence-electron chi connectivity index (χ2n) is 4.43. The van der Waals surface area contributed by atoms with Gasteiger partial charge in [-0.3, -0.25) is 4.40 Å². The van der Waals surface area contributed by atoms with Crippen molar-refractivity contribution in [3.63, 3.8) is 0 Å². The van der Waals surface area contributed by atoms with Gasteiger partial charge < -0.3 is 5.73 Å². The Bertz CT molecular complexity index is 778. The lowest BCUT2D eigenvalue weighted by atomic mass is 10.1. The fourth-order valence-corrected chi connectivity index (χ4v) is 5.01. The molecular weight excluding hydrogens is 294 g/mol. The van der Waals surface area contributed by atoms with Crippen molar-refractivity contribution in [2.45, 2.75) is 12.5 Å². The smallest absolute Gasteiger partial charge is 0.193 e. The van der Waals surface area contributed by atoms with E-state index in [4.69, 9.17) is 5.73 Å². The minimum atomic E-state index is 0.0363. The van der Waals surface area contributed by atoms with Crippen LogP contribution < -0.4 is 5.73 Å². The van der Waals surface area contributed by atoms with E-state index in [0.29, 0.717) is 0 Å². The van der Waals surface area contributed by atoms with Gasteiger partial charge in [-0.1, -0.05) is 0 Å². The largest absolute Gasteiger partial charge is 0.323 e. The Morgan fingerprint density at radius 1 is 1.26 bits per heavy atom. The quantitative estimate of drug-likeness (QED) is 0.623. The Morgan fingerprint density at radius 2 is 2.21 bits per heavy atom. The molecule has 4 aromatic heterocycles. The van der Waals surface area contributed by atoms with E-state index in [2.05, 4.69) is 33.1 Å². The van der Waals surface area contributed by atoms with Gasteiger partial charge in [0, 0.05) is 44.5 Å². The third-order valence-corrected chi connectivity index (χ3v) is 6.09. The number of thiazole rings is 1. The Balaban J connectivity index is 1.61. The van der Waals surface area contributed by atoms with Gasteiger partial charge in [-0.15, -0.1) is 34.0 Å². The number of nitrogens with two attached hydrogens (primary N) is 1. The first kappa shape index (κ1) is 11.6. The summed E-state index contributed by atoms with van der Waals surface area (Å²) in [7, 11) is 0. The molecule has 96 valence electrons.